The maximum Gasteiger partial charge on any atom is 0.163 e. The molecule has 2 N–H and O–H groups in total. The molecule has 0 aromatic heterocycles. The molecule has 0 heterocycles. The highest BCUT2D eigenvalue weighted by Gasteiger charge is 2.13. The van der Waals surface area contributed by atoms with Crippen LogP contribution in [0.3, 0.4) is 0 Å². The van der Waals surface area contributed by atoms with Crippen LogP contribution in [0, 0.1) is 0 Å². The van der Waals surface area contributed by atoms with Crippen LogP contribution in [0.1, 0.15) is 17.5 Å². The summed E-state index contributed by atoms with van der Waals surface area (Å²) in [5.74, 6) is 1.16. The summed E-state index contributed by atoms with van der Waals surface area (Å²) in [4.78, 5) is 0. The van der Waals surface area contributed by atoms with Crippen LogP contribution < -0.4 is 20.1 Å². The van der Waals surface area contributed by atoms with Gasteiger partial charge in [0.2, 0.25) is 0 Å². The normalized spacial score (nSPS) is 10.8. The Labute approximate surface area is 169 Å². The molecule has 0 fully saturated rings. The highest BCUT2D eigenvalue weighted by atomic mass is 35.5. The second-order valence-corrected chi connectivity index (χ2v) is 6.94. The molecule has 7 heteroatoms. The van der Waals surface area contributed by atoms with Crippen molar-refractivity contribution in [2.24, 2.45) is 0 Å². The van der Waals surface area contributed by atoms with Crippen molar-refractivity contribution in [3.63, 3.8) is 0 Å². The first-order valence-electron chi connectivity index (χ1n) is 8.34. The molecule has 4 nitrogen and oxygen atoms in total. The van der Waals surface area contributed by atoms with Crippen molar-refractivity contribution < 1.29 is 9.47 Å². The maximum absolute atomic E-state index is 6.40. The quantitative estimate of drug-likeness (QED) is 0.538. The molecule has 142 valence electrons. The van der Waals surface area contributed by atoms with Crippen LogP contribution in [0.2, 0.25) is 15.1 Å². The summed E-state index contributed by atoms with van der Waals surface area (Å²) in [6.07, 6.45) is 1.05. The van der Waals surface area contributed by atoms with Crippen molar-refractivity contribution in [1.82, 2.24) is 10.6 Å². The minimum atomic E-state index is 0.229. The molecule has 0 amide bonds. The van der Waals surface area contributed by atoms with Crippen LogP contribution in [0.4, 0.5) is 0 Å². The summed E-state index contributed by atoms with van der Waals surface area (Å²) < 4.78 is 11.3. The van der Waals surface area contributed by atoms with Crippen LogP contribution in [0.5, 0.6) is 11.5 Å². The van der Waals surface area contributed by atoms with Gasteiger partial charge in [-0.2, -0.15) is 0 Å². The molecule has 2 aromatic rings. The van der Waals surface area contributed by atoms with Gasteiger partial charge in [0.15, 0.2) is 11.5 Å². The first-order chi connectivity index (χ1) is 12.6. The van der Waals surface area contributed by atoms with E-state index in [1.165, 1.54) is 0 Å². The first kappa shape index (κ1) is 21.1. The molecule has 0 spiro atoms. The fourth-order valence-corrected chi connectivity index (χ4v) is 3.15. The lowest BCUT2D eigenvalue weighted by Gasteiger charge is -2.15. The Morgan fingerprint density at radius 2 is 1.69 bits per heavy atom. The molecule has 0 aliphatic heterocycles. The van der Waals surface area contributed by atoms with Crippen molar-refractivity contribution >= 4 is 34.8 Å². The molecule has 2 rings (SSSR count). The van der Waals surface area contributed by atoms with Gasteiger partial charge in [-0.15, -0.1) is 0 Å². The molecule has 0 aliphatic carbocycles. The number of rotatable bonds is 10. The lowest BCUT2D eigenvalue weighted by atomic mass is 10.2. The Morgan fingerprint density at radius 3 is 2.35 bits per heavy atom. The summed E-state index contributed by atoms with van der Waals surface area (Å²) in [5, 5.41) is 8.22. The minimum absolute atomic E-state index is 0.229. The first-order valence-corrected chi connectivity index (χ1v) is 9.47. The van der Waals surface area contributed by atoms with Gasteiger partial charge in [-0.25, -0.2) is 0 Å². The molecule has 0 atom stereocenters. The van der Waals surface area contributed by atoms with Gasteiger partial charge in [-0.05, 0) is 50.3 Å². The third-order valence-corrected chi connectivity index (χ3v) is 4.92. The molecule has 0 saturated carbocycles. The molecule has 0 bridgehead atoms. The van der Waals surface area contributed by atoms with Gasteiger partial charge in [0.05, 0.1) is 7.11 Å². The van der Waals surface area contributed by atoms with Gasteiger partial charge in [0.1, 0.15) is 6.61 Å². The monoisotopic (exact) mass is 416 g/mol. The van der Waals surface area contributed by atoms with Crippen LogP contribution in [-0.2, 0) is 13.2 Å². The molecular weight excluding hydrogens is 395 g/mol. The Morgan fingerprint density at radius 1 is 0.962 bits per heavy atom. The van der Waals surface area contributed by atoms with Crippen LogP contribution in [0.25, 0.3) is 0 Å². The highest BCUT2D eigenvalue weighted by molar-refractivity contribution is 6.36. The topological polar surface area (TPSA) is 42.5 Å². The molecular formula is C19H23Cl3N2O2. The molecule has 0 saturated heterocycles. The van der Waals surface area contributed by atoms with Crippen LogP contribution >= 0.6 is 34.8 Å². The average molecular weight is 418 g/mol. The number of halogens is 3. The highest BCUT2D eigenvalue weighted by Crippen LogP contribution is 2.35. The van der Waals surface area contributed by atoms with Crippen LogP contribution in [-0.4, -0.2) is 27.2 Å². The predicted octanol–water partition coefficient (Wildman–Crippen LogP) is 4.93. The van der Waals surface area contributed by atoms with E-state index in [4.69, 9.17) is 44.3 Å². The Hall–Kier alpha value is -1.17. The number of benzene rings is 2. The average Bonchev–Trinajstić information content (AvgIpc) is 2.62. The third kappa shape index (κ3) is 5.93. The largest absolute Gasteiger partial charge is 0.493 e. The zero-order valence-corrected chi connectivity index (χ0v) is 17.1. The second-order valence-electron chi connectivity index (χ2n) is 5.72. The van der Waals surface area contributed by atoms with E-state index >= 15 is 0 Å². The van der Waals surface area contributed by atoms with Crippen molar-refractivity contribution in [3.05, 3.63) is 56.5 Å². The summed E-state index contributed by atoms with van der Waals surface area (Å²) in [6.45, 7) is 2.77. The van der Waals surface area contributed by atoms with Gasteiger partial charge < -0.3 is 20.1 Å². The SMILES string of the molecule is CNCCCNCc1cc(OC)c(OCc2c(Cl)cccc2Cl)cc1Cl. The number of nitrogens with one attached hydrogen (secondary N) is 2. The maximum atomic E-state index is 6.40. The number of hydrogen-bond donors (Lipinski definition) is 2. The predicted molar refractivity (Wildman–Crippen MR) is 109 cm³/mol. The molecule has 26 heavy (non-hydrogen) atoms. The summed E-state index contributed by atoms with van der Waals surface area (Å²) in [6, 6.07) is 9.00. The number of hydrogen-bond acceptors (Lipinski definition) is 4. The van der Waals surface area contributed by atoms with E-state index in [0.717, 1.165) is 30.6 Å². The number of methoxy groups -OCH3 is 1. The van der Waals surface area contributed by atoms with Gasteiger partial charge >= 0.3 is 0 Å². The van der Waals surface area contributed by atoms with Crippen molar-refractivity contribution in [2.45, 2.75) is 19.6 Å². The third-order valence-electron chi connectivity index (χ3n) is 3.86. The Bertz CT molecular complexity index is 706. The summed E-state index contributed by atoms with van der Waals surface area (Å²) >= 11 is 18.8. The molecule has 0 radical (unpaired) electrons. The zero-order valence-electron chi connectivity index (χ0n) is 14.9. The van der Waals surface area contributed by atoms with E-state index in [1.807, 2.05) is 13.1 Å². The van der Waals surface area contributed by atoms with E-state index in [1.54, 1.807) is 31.4 Å². The lowest BCUT2D eigenvalue weighted by Crippen LogP contribution is -2.19. The fourth-order valence-electron chi connectivity index (χ4n) is 2.42. The zero-order chi connectivity index (χ0) is 18.9. The van der Waals surface area contributed by atoms with Crippen LogP contribution in [0.15, 0.2) is 30.3 Å². The van der Waals surface area contributed by atoms with Gasteiger partial charge in [-0.3, -0.25) is 0 Å². The Kier molecular flexibility index (Phi) is 8.82. The summed E-state index contributed by atoms with van der Waals surface area (Å²) in [5.41, 5.74) is 1.68. The van der Waals surface area contributed by atoms with Gasteiger partial charge in [-0.1, -0.05) is 40.9 Å². The number of ether oxygens (including phenoxy) is 2. The van der Waals surface area contributed by atoms with Crippen molar-refractivity contribution in [2.75, 3.05) is 27.2 Å². The van der Waals surface area contributed by atoms with Gasteiger partial charge in [0, 0.05) is 33.2 Å². The van der Waals surface area contributed by atoms with E-state index < -0.39 is 0 Å². The minimum Gasteiger partial charge on any atom is -0.493 e. The molecule has 2 aromatic carbocycles. The fraction of sp³-hybridized carbons (Fsp3) is 0.368. The van der Waals surface area contributed by atoms with E-state index in [2.05, 4.69) is 10.6 Å². The van der Waals surface area contributed by atoms with E-state index in [9.17, 15) is 0 Å². The summed E-state index contributed by atoms with van der Waals surface area (Å²) in [7, 11) is 3.54. The van der Waals surface area contributed by atoms with Gasteiger partial charge in [0.25, 0.3) is 0 Å². The molecule has 0 unspecified atom stereocenters. The Balaban J connectivity index is 2.06. The van der Waals surface area contributed by atoms with E-state index in [-0.39, 0.29) is 6.61 Å². The standard InChI is InChI=1S/C19H23Cl3N2O2/c1-23-7-4-8-24-11-13-9-18(25-2)19(10-17(13)22)26-12-14-15(20)5-3-6-16(14)21/h3,5-6,9-10,23-24H,4,7-8,11-12H2,1-2H3. The van der Waals surface area contributed by atoms with Crippen molar-refractivity contribution in [3.8, 4) is 11.5 Å². The lowest BCUT2D eigenvalue weighted by molar-refractivity contribution is 0.284. The van der Waals surface area contributed by atoms with E-state index in [0.29, 0.717) is 33.1 Å². The molecule has 0 aliphatic rings. The smallest absolute Gasteiger partial charge is 0.163 e. The van der Waals surface area contributed by atoms with Crippen molar-refractivity contribution in [1.29, 1.82) is 0 Å². The second kappa shape index (κ2) is 10.9.